The van der Waals surface area contributed by atoms with Gasteiger partial charge < -0.3 is 21.5 Å². The van der Waals surface area contributed by atoms with Gasteiger partial charge in [0.1, 0.15) is 5.75 Å². The number of para-hydroxylation sites is 1. The molecule has 2 saturated carbocycles. The van der Waals surface area contributed by atoms with Gasteiger partial charge in [-0.2, -0.15) is 0 Å². The Morgan fingerprint density at radius 3 is 1.94 bits per heavy atom. The van der Waals surface area contributed by atoms with Crippen LogP contribution in [0, 0.1) is 16.7 Å². The van der Waals surface area contributed by atoms with Gasteiger partial charge in [-0.1, -0.05) is 122 Å². The molecule has 2 aliphatic carbocycles. The van der Waals surface area contributed by atoms with Gasteiger partial charge in [-0.05, 0) is 112 Å². The Bertz CT molecular complexity index is 1170. The van der Waals surface area contributed by atoms with Gasteiger partial charge in [-0.15, -0.1) is 4.91 Å². The molecule has 2 aromatic carbocycles. The molecule has 0 heterocycles. The predicted molar refractivity (Wildman–Crippen MR) is 211 cm³/mol. The molecule has 4 rings (SSSR count). The number of rotatable bonds is 15. The summed E-state index contributed by atoms with van der Waals surface area (Å²) >= 11 is 0. The van der Waals surface area contributed by atoms with E-state index in [-0.39, 0.29) is 18.1 Å². The zero-order chi connectivity index (χ0) is 37.0. The van der Waals surface area contributed by atoms with Crippen molar-refractivity contribution in [1.82, 2.24) is 10.6 Å². The molecule has 0 aromatic heterocycles. The largest absolute Gasteiger partial charge is 0.508 e. The van der Waals surface area contributed by atoms with Crippen molar-refractivity contribution in [1.29, 1.82) is 0 Å². The molecule has 0 saturated heterocycles. The highest BCUT2D eigenvalue weighted by Crippen LogP contribution is 2.39. The lowest BCUT2D eigenvalue weighted by molar-refractivity contribution is -0.121. The lowest BCUT2D eigenvalue weighted by Gasteiger charge is -2.27. The number of benzene rings is 2. The van der Waals surface area contributed by atoms with Crippen LogP contribution in [-0.4, -0.2) is 30.1 Å². The molecular weight excluding hydrogens is 608 g/mol. The highest BCUT2D eigenvalue weighted by molar-refractivity contribution is 5.76. The van der Waals surface area contributed by atoms with E-state index in [9.17, 15) is 14.8 Å². The molecule has 7 nitrogen and oxygen atoms in total. The fourth-order valence-corrected chi connectivity index (χ4v) is 5.11. The molecule has 0 spiro atoms. The second-order valence-corrected chi connectivity index (χ2v) is 13.1. The van der Waals surface area contributed by atoms with E-state index >= 15 is 0 Å². The molecule has 49 heavy (non-hydrogen) atoms. The molecule has 2 aliphatic rings. The summed E-state index contributed by atoms with van der Waals surface area (Å²) in [5.74, 6) is 1.51. The Morgan fingerprint density at radius 1 is 0.939 bits per heavy atom. The number of amides is 1. The van der Waals surface area contributed by atoms with Crippen molar-refractivity contribution in [3.8, 4) is 5.75 Å². The minimum Gasteiger partial charge on any atom is -0.508 e. The second kappa shape index (κ2) is 28.8. The number of hydrogen-bond acceptors (Lipinski definition) is 6. The van der Waals surface area contributed by atoms with E-state index in [0.717, 1.165) is 37.3 Å². The Hall–Kier alpha value is -3.03. The van der Waals surface area contributed by atoms with E-state index in [4.69, 9.17) is 5.73 Å². The number of allylic oxidation sites excluding steroid dienone is 1. The maximum Gasteiger partial charge on any atom is 0.221 e. The summed E-state index contributed by atoms with van der Waals surface area (Å²) in [5.41, 5.74) is 12.2. The monoisotopic (exact) mass is 681 g/mol. The van der Waals surface area contributed by atoms with Crippen LogP contribution in [0.1, 0.15) is 149 Å². The molecule has 278 valence electrons. The lowest BCUT2D eigenvalue weighted by Crippen LogP contribution is -2.34. The third-order valence-corrected chi connectivity index (χ3v) is 8.75. The summed E-state index contributed by atoms with van der Waals surface area (Å²) in [7, 11) is 0. The van der Waals surface area contributed by atoms with Crippen LogP contribution in [0.15, 0.2) is 64.9 Å². The number of nitroso groups, excluding NO2 is 1. The van der Waals surface area contributed by atoms with Crippen molar-refractivity contribution in [3.63, 3.8) is 0 Å². The van der Waals surface area contributed by atoms with Crippen molar-refractivity contribution in [2.75, 3.05) is 13.1 Å². The lowest BCUT2D eigenvalue weighted by atomic mass is 9.85. The Kier molecular flexibility index (Phi) is 27.0. The van der Waals surface area contributed by atoms with Crippen molar-refractivity contribution in [3.05, 3.63) is 81.3 Å². The average molecular weight is 681 g/mol. The number of aromatic hydroxyl groups is 1. The average Bonchev–Trinajstić information content (AvgIpc) is 3.94. The van der Waals surface area contributed by atoms with Gasteiger partial charge in [-0.3, -0.25) is 4.79 Å². The fraction of sp³-hybridized carbons (Fsp3) is 0.643. The van der Waals surface area contributed by atoms with Crippen molar-refractivity contribution in [2.45, 2.75) is 152 Å². The standard InChI is InChI=1S/C13H23N.C12H19N.C10H12N2O3.C5H12.C2H6/c1-3-9-14-13(12-7-8-12)10(2)11-5-4-6-11;1-2-6-11-7-3-4-8-12(11)9-5-10-13;1-2-9(14)11-10(12-15)7-5-3-4-6-8(7)13;1-4-5(2)3;1-2/h12-14H,3-9H2,1-2H3;3-4,7-8H,2,5-6,9-10,13H2,1H3;3-6,10,13H,2H2,1H3,(H,11,14);5H,4H2,1-3H3;1-2H3. The second-order valence-electron chi connectivity index (χ2n) is 13.1. The third-order valence-electron chi connectivity index (χ3n) is 8.75. The molecule has 0 bridgehead atoms. The van der Waals surface area contributed by atoms with Crippen molar-refractivity contribution < 1.29 is 9.90 Å². The van der Waals surface area contributed by atoms with Crippen LogP contribution in [-0.2, 0) is 17.6 Å². The highest BCUT2D eigenvalue weighted by Gasteiger charge is 2.33. The molecular formula is C42H72N4O3. The zero-order valence-corrected chi connectivity index (χ0v) is 32.6. The molecule has 1 amide bonds. The number of nitrogens with two attached hydrogens (primary N) is 1. The minimum atomic E-state index is -1.03. The number of carbonyl (C=O) groups is 1. The molecule has 0 radical (unpaired) electrons. The Labute approximate surface area is 300 Å². The van der Waals surface area contributed by atoms with Crippen LogP contribution in [0.5, 0.6) is 5.75 Å². The van der Waals surface area contributed by atoms with Crippen molar-refractivity contribution >= 4 is 5.91 Å². The summed E-state index contributed by atoms with van der Waals surface area (Å²) in [5, 5.41) is 18.3. The van der Waals surface area contributed by atoms with Crippen LogP contribution in [0.4, 0.5) is 0 Å². The number of nitrogens with zero attached hydrogens (tertiary/aromatic N) is 1. The van der Waals surface area contributed by atoms with Crippen LogP contribution >= 0.6 is 0 Å². The summed E-state index contributed by atoms with van der Waals surface area (Å²) in [6, 6.07) is 15.7. The summed E-state index contributed by atoms with van der Waals surface area (Å²) in [4.78, 5) is 21.6. The fourth-order valence-electron chi connectivity index (χ4n) is 5.11. The van der Waals surface area contributed by atoms with Gasteiger partial charge in [-0.25, -0.2) is 0 Å². The number of carbonyl (C=O) groups excluding carboxylic acids is 1. The number of phenolic OH excluding ortho intramolecular Hbond substituents is 1. The van der Waals surface area contributed by atoms with Gasteiger partial charge in [0.25, 0.3) is 0 Å². The molecule has 2 fully saturated rings. The number of aryl methyl sites for hydroxylation is 2. The van der Waals surface area contributed by atoms with Gasteiger partial charge in [0.05, 0.1) is 0 Å². The van der Waals surface area contributed by atoms with Gasteiger partial charge in [0.2, 0.25) is 5.91 Å². The topological polar surface area (TPSA) is 117 Å². The molecule has 0 aliphatic heterocycles. The summed E-state index contributed by atoms with van der Waals surface area (Å²) in [6.45, 7) is 21.1. The van der Waals surface area contributed by atoms with Gasteiger partial charge in [0, 0.05) is 18.0 Å². The van der Waals surface area contributed by atoms with E-state index < -0.39 is 6.17 Å². The van der Waals surface area contributed by atoms with E-state index in [1.807, 2.05) is 13.8 Å². The van der Waals surface area contributed by atoms with Crippen LogP contribution < -0.4 is 16.4 Å². The first-order valence-corrected chi connectivity index (χ1v) is 19.2. The predicted octanol–water partition coefficient (Wildman–Crippen LogP) is 10.6. The summed E-state index contributed by atoms with van der Waals surface area (Å²) in [6.07, 6.45) is 13.5. The van der Waals surface area contributed by atoms with E-state index in [2.05, 4.69) is 81.6 Å². The third kappa shape index (κ3) is 19.7. The molecule has 5 N–H and O–H groups in total. The van der Waals surface area contributed by atoms with Gasteiger partial charge in [0.15, 0.2) is 6.17 Å². The number of phenols is 1. The highest BCUT2D eigenvalue weighted by atomic mass is 16.3. The van der Waals surface area contributed by atoms with Crippen LogP contribution in [0.3, 0.4) is 0 Å². The first-order valence-electron chi connectivity index (χ1n) is 19.2. The maximum absolute atomic E-state index is 11.1. The zero-order valence-electron chi connectivity index (χ0n) is 32.6. The van der Waals surface area contributed by atoms with Gasteiger partial charge >= 0.3 is 0 Å². The SMILES string of the molecule is CC.CCC(=O)NC(N=O)c1ccccc1O.CCC(C)C.CCCNC(C(C)=C1CCC1)C1CC1.CCCc1ccccc1CCCN. The normalized spacial score (nSPS) is 14.1. The van der Waals surface area contributed by atoms with Crippen LogP contribution in [0.2, 0.25) is 0 Å². The Morgan fingerprint density at radius 2 is 1.51 bits per heavy atom. The number of hydrogen-bond donors (Lipinski definition) is 4. The number of nitrogens with one attached hydrogen (secondary N) is 2. The Balaban J connectivity index is 0.000000645. The maximum atomic E-state index is 11.1. The summed E-state index contributed by atoms with van der Waals surface area (Å²) < 4.78 is 0. The van der Waals surface area contributed by atoms with E-state index in [1.54, 1.807) is 30.2 Å². The molecule has 2 aromatic rings. The quantitative estimate of drug-likeness (QED) is 0.110. The molecule has 7 heteroatoms. The molecule has 2 atom stereocenters. The molecule has 2 unspecified atom stereocenters. The van der Waals surface area contributed by atoms with E-state index in [1.165, 1.54) is 87.6 Å². The minimum absolute atomic E-state index is 0.0569. The smallest absolute Gasteiger partial charge is 0.221 e. The van der Waals surface area contributed by atoms with Crippen molar-refractivity contribution in [2.24, 2.45) is 22.7 Å². The first-order chi connectivity index (χ1) is 23.7. The van der Waals surface area contributed by atoms with E-state index in [0.29, 0.717) is 5.56 Å². The van der Waals surface area contributed by atoms with Crippen LogP contribution in [0.25, 0.3) is 0 Å². The first kappa shape index (κ1) is 46.0.